The second-order valence-electron chi connectivity index (χ2n) is 5.44. The van der Waals surface area contributed by atoms with Crippen molar-refractivity contribution in [3.05, 3.63) is 48.6 Å². The molecular weight excluding hydrogens is 280 g/mol. The molecule has 1 aliphatic heterocycles. The fourth-order valence-corrected chi connectivity index (χ4v) is 2.78. The largest absolute Gasteiger partial charge is 0.420 e. The summed E-state index contributed by atoms with van der Waals surface area (Å²) in [5, 5.41) is 8.37. The lowest BCUT2D eigenvalue weighted by Gasteiger charge is -2.12. The number of aromatic amines is 1. The first-order chi connectivity index (χ1) is 10.9. The third-order valence-electron chi connectivity index (χ3n) is 3.92. The van der Waals surface area contributed by atoms with Crippen LogP contribution >= 0.6 is 0 Å². The molecule has 22 heavy (non-hydrogen) atoms. The second-order valence-corrected chi connectivity index (χ2v) is 5.44. The minimum Gasteiger partial charge on any atom is -0.420 e. The number of H-pyrrole nitrogens is 1. The summed E-state index contributed by atoms with van der Waals surface area (Å²) in [6.45, 7) is 2.76. The Morgan fingerprint density at radius 2 is 2.14 bits per heavy atom. The number of nitrogens with one attached hydrogen (secondary N) is 1. The van der Waals surface area contributed by atoms with Gasteiger partial charge in [0.15, 0.2) is 0 Å². The van der Waals surface area contributed by atoms with Gasteiger partial charge in [0.1, 0.15) is 5.82 Å². The molecule has 0 aliphatic carbocycles. The molecule has 1 atom stereocenters. The van der Waals surface area contributed by atoms with E-state index in [0.29, 0.717) is 11.8 Å². The molecule has 1 unspecified atom stereocenters. The number of hydrogen-bond acceptors (Lipinski definition) is 6. The zero-order chi connectivity index (χ0) is 14.8. The van der Waals surface area contributed by atoms with E-state index in [9.17, 15) is 0 Å². The number of hydrogen-bond donors (Lipinski definition) is 1. The van der Waals surface area contributed by atoms with Crippen LogP contribution in [-0.4, -0.2) is 43.1 Å². The van der Waals surface area contributed by atoms with Crippen molar-refractivity contribution in [3.8, 4) is 11.5 Å². The van der Waals surface area contributed by atoms with E-state index in [2.05, 4.69) is 30.0 Å². The topological polar surface area (TPSA) is 83.7 Å². The van der Waals surface area contributed by atoms with Crippen LogP contribution in [0.5, 0.6) is 0 Å². The van der Waals surface area contributed by atoms with Gasteiger partial charge in [-0.2, -0.15) is 0 Å². The fourth-order valence-electron chi connectivity index (χ4n) is 2.78. The summed E-state index contributed by atoms with van der Waals surface area (Å²) in [6, 6.07) is 3.74. The van der Waals surface area contributed by atoms with Crippen molar-refractivity contribution >= 4 is 0 Å². The maximum absolute atomic E-state index is 5.84. The number of pyridine rings is 1. The molecule has 0 saturated carbocycles. The van der Waals surface area contributed by atoms with Crippen molar-refractivity contribution in [1.29, 1.82) is 0 Å². The lowest BCUT2D eigenvalue weighted by Crippen LogP contribution is -2.20. The molecule has 1 saturated heterocycles. The van der Waals surface area contributed by atoms with E-state index in [4.69, 9.17) is 4.42 Å². The molecule has 0 aromatic carbocycles. The van der Waals surface area contributed by atoms with Crippen LogP contribution in [0.15, 0.2) is 41.3 Å². The van der Waals surface area contributed by atoms with Crippen molar-refractivity contribution in [2.75, 3.05) is 13.1 Å². The maximum atomic E-state index is 5.84. The third kappa shape index (κ3) is 2.62. The number of rotatable bonds is 4. The van der Waals surface area contributed by atoms with Gasteiger partial charge in [0, 0.05) is 36.9 Å². The summed E-state index contributed by atoms with van der Waals surface area (Å²) in [5.41, 5.74) is 0.902. The van der Waals surface area contributed by atoms with E-state index in [1.807, 2.05) is 18.3 Å². The van der Waals surface area contributed by atoms with Crippen LogP contribution in [0.2, 0.25) is 0 Å². The van der Waals surface area contributed by atoms with Gasteiger partial charge in [0.25, 0.3) is 0 Å². The Hall–Kier alpha value is -2.54. The van der Waals surface area contributed by atoms with E-state index in [1.165, 1.54) is 0 Å². The van der Waals surface area contributed by atoms with Crippen LogP contribution in [0.4, 0.5) is 0 Å². The van der Waals surface area contributed by atoms with Gasteiger partial charge in [0.2, 0.25) is 11.8 Å². The minimum atomic E-state index is 0.290. The van der Waals surface area contributed by atoms with Crippen molar-refractivity contribution in [1.82, 2.24) is 30.0 Å². The number of imidazole rings is 1. The quantitative estimate of drug-likeness (QED) is 0.791. The predicted molar refractivity (Wildman–Crippen MR) is 78.8 cm³/mol. The Morgan fingerprint density at radius 3 is 2.95 bits per heavy atom. The summed E-state index contributed by atoms with van der Waals surface area (Å²) in [7, 11) is 0. The molecule has 0 radical (unpaired) electrons. The lowest BCUT2D eigenvalue weighted by atomic mass is 10.1. The molecule has 0 amide bonds. The van der Waals surface area contributed by atoms with E-state index in [-0.39, 0.29) is 5.92 Å². The van der Waals surface area contributed by atoms with Crippen LogP contribution < -0.4 is 0 Å². The SMILES string of the molecule is c1cc(-c2nnc(C3CCN(Cc4ncc[nH]4)C3)o2)ccn1. The number of nitrogens with zero attached hydrogens (tertiary/aromatic N) is 5. The molecule has 3 aromatic rings. The number of aromatic nitrogens is 5. The van der Waals surface area contributed by atoms with Crippen molar-refractivity contribution in [3.63, 3.8) is 0 Å². The Bertz CT molecular complexity index is 724. The van der Waals surface area contributed by atoms with E-state index in [1.54, 1.807) is 18.6 Å². The van der Waals surface area contributed by atoms with Gasteiger partial charge in [-0.3, -0.25) is 9.88 Å². The smallest absolute Gasteiger partial charge is 0.247 e. The average Bonchev–Trinajstić information content (AvgIpc) is 3.30. The van der Waals surface area contributed by atoms with E-state index < -0.39 is 0 Å². The lowest BCUT2D eigenvalue weighted by molar-refractivity contribution is 0.313. The molecule has 3 aromatic heterocycles. The molecule has 1 aliphatic rings. The predicted octanol–water partition coefficient (Wildman–Crippen LogP) is 1.84. The molecule has 0 bridgehead atoms. The molecule has 1 fully saturated rings. The molecule has 4 heterocycles. The van der Waals surface area contributed by atoms with Gasteiger partial charge in [-0.25, -0.2) is 4.98 Å². The van der Waals surface area contributed by atoms with Crippen LogP contribution in [0.25, 0.3) is 11.5 Å². The van der Waals surface area contributed by atoms with Gasteiger partial charge in [-0.05, 0) is 25.1 Å². The van der Waals surface area contributed by atoms with Crippen LogP contribution in [0.3, 0.4) is 0 Å². The molecule has 112 valence electrons. The van der Waals surface area contributed by atoms with Gasteiger partial charge in [0.05, 0.1) is 12.5 Å². The van der Waals surface area contributed by atoms with Gasteiger partial charge >= 0.3 is 0 Å². The Morgan fingerprint density at radius 1 is 1.23 bits per heavy atom. The maximum Gasteiger partial charge on any atom is 0.247 e. The van der Waals surface area contributed by atoms with Gasteiger partial charge < -0.3 is 9.40 Å². The van der Waals surface area contributed by atoms with Gasteiger partial charge in [-0.1, -0.05) is 0 Å². The highest BCUT2D eigenvalue weighted by molar-refractivity contribution is 5.50. The summed E-state index contributed by atoms with van der Waals surface area (Å²) < 4.78 is 5.84. The van der Waals surface area contributed by atoms with E-state index in [0.717, 1.165) is 37.4 Å². The van der Waals surface area contributed by atoms with Crippen molar-refractivity contribution in [2.24, 2.45) is 0 Å². The first kappa shape index (κ1) is 13.1. The molecule has 7 nitrogen and oxygen atoms in total. The Balaban J connectivity index is 1.44. The Labute approximate surface area is 127 Å². The first-order valence-corrected chi connectivity index (χ1v) is 7.33. The average molecular weight is 296 g/mol. The summed E-state index contributed by atoms with van der Waals surface area (Å²) in [5.74, 6) is 2.55. The van der Waals surface area contributed by atoms with Crippen LogP contribution in [-0.2, 0) is 6.54 Å². The zero-order valence-electron chi connectivity index (χ0n) is 12.0. The van der Waals surface area contributed by atoms with Crippen molar-refractivity contribution in [2.45, 2.75) is 18.9 Å². The van der Waals surface area contributed by atoms with Crippen LogP contribution in [0.1, 0.15) is 24.1 Å². The highest BCUT2D eigenvalue weighted by Crippen LogP contribution is 2.28. The third-order valence-corrected chi connectivity index (χ3v) is 3.92. The highest BCUT2D eigenvalue weighted by Gasteiger charge is 2.28. The number of likely N-dealkylation sites (tertiary alicyclic amines) is 1. The molecular formula is C15H16N6O. The van der Waals surface area contributed by atoms with E-state index >= 15 is 0 Å². The van der Waals surface area contributed by atoms with Gasteiger partial charge in [-0.15, -0.1) is 10.2 Å². The van der Waals surface area contributed by atoms with Crippen LogP contribution in [0, 0.1) is 0 Å². The van der Waals surface area contributed by atoms with Crippen molar-refractivity contribution < 1.29 is 4.42 Å². The summed E-state index contributed by atoms with van der Waals surface area (Å²) in [4.78, 5) is 13.7. The molecule has 7 heteroatoms. The fraction of sp³-hybridized carbons (Fsp3) is 0.333. The molecule has 1 N–H and O–H groups in total. The minimum absolute atomic E-state index is 0.290. The Kier molecular flexibility index (Phi) is 3.40. The second kappa shape index (κ2) is 5.69. The zero-order valence-corrected chi connectivity index (χ0v) is 12.0. The highest BCUT2D eigenvalue weighted by atomic mass is 16.4. The first-order valence-electron chi connectivity index (χ1n) is 7.33. The summed E-state index contributed by atoms with van der Waals surface area (Å²) >= 11 is 0. The standard InChI is InChI=1S/C15H16N6O/c1-4-16-5-2-11(1)14-19-20-15(22-14)12-3-8-21(9-12)10-13-17-6-7-18-13/h1-2,4-7,12H,3,8-10H2,(H,17,18). The summed E-state index contributed by atoms with van der Waals surface area (Å²) in [6.07, 6.45) is 8.10. The molecule has 0 spiro atoms. The molecule has 4 rings (SSSR count). The monoisotopic (exact) mass is 296 g/mol. The normalized spacial score (nSPS) is 18.8.